The van der Waals surface area contributed by atoms with Gasteiger partial charge < -0.3 is 131 Å². The number of esters is 2. The molecule has 0 amide bonds. The van der Waals surface area contributed by atoms with Crippen LogP contribution in [-0.4, -0.2) is 200 Å². The van der Waals surface area contributed by atoms with Crippen LogP contribution in [0, 0.1) is 23.7 Å². The highest BCUT2D eigenvalue weighted by Gasteiger charge is 2.58. The van der Waals surface area contributed by atoms with Crippen molar-refractivity contribution in [3.63, 3.8) is 0 Å². The molecule has 89 heavy (non-hydrogen) atoms. The zero-order valence-corrected chi connectivity index (χ0v) is 49.3. The van der Waals surface area contributed by atoms with E-state index < -0.39 is 141 Å². The number of aliphatic hydroxyl groups excluding tert-OH is 4. The smallest absolute Gasteiger partial charge is 0.466 e. The number of fused-ring (bicyclic) bond motifs is 8. The number of ether oxygens (including phenoxy) is 18. The quantitative estimate of drug-likeness (QED) is 0.0806. The molecule has 4 aromatic rings. The first kappa shape index (κ1) is 62.6. The molecular formula is C58H67O30P. The molecule has 2 aliphatic carbocycles. The number of hydrogen-bond donors (Lipinski definition) is 9. The monoisotopic (exact) mass is 1270 g/mol. The highest BCUT2D eigenvalue weighted by Crippen LogP contribution is 2.59. The van der Waals surface area contributed by atoms with Crippen molar-refractivity contribution in [2.75, 3.05) is 68.5 Å². The Morgan fingerprint density at radius 3 is 1.11 bits per heavy atom. The summed E-state index contributed by atoms with van der Waals surface area (Å²) in [6.45, 7) is 3.86. The van der Waals surface area contributed by atoms with Gasteiger partial charge in [0.2, 0.25) is 25.1 Å². The van der Waals surface area contributed by atoms with Gasteiger partial charge in [0.1, 0.15) is 48.8 Å². The van der Waals surface area contributed by atoms with Crippen molar-refractivity contribution in [3.05, 3.63) is 81.9 Å². The number of methoxy groups -OCH3 is 4. The fourth-order valence-corrected chi connectivity index (χ4v) is 13.5. The Bertz CT molecular complexity index is 3090. The largest absolute Gasteiger partial charge is 0.502 e. The zero-order chi connectivity index (χ0) is 63.1. The molecule has 4 aromatic carbocycles. The summed E-state index contributed by atoms with van der Waals surface area (Å²) < 4.78 is 112. The van der Waals surface area contributed by atoms with Crippen LogP contribution in [0.3, 0.4) is 0 Å². The normalized spacial score (nSPS) is 35.1. The van der Waals surface area contributed by atoms with Crippen LogP contribution in [0.15, 0.2) is 48.5 Å². The summed E-state index contributed by atoms with van der Waals surface area (Å²) >= 11 is 0. The molecule has 9 N–H and O–H groups in total. The van der Waals surface area contributed by atoms with Gasteiger partial charge in [-0.2, -0.15) is 0 Å². The van der Waals surface area contributed by atoms with E-state index in [1.807, 2.05) is 0 Å². The van der Waals surface area contributed by atoms with Crippen LogP contribution in [0.4, 0.5) is 0 Å². The topological polar surface area (TPSA) is 399 Å². The molecule has 0 bridgehead atoms. The predicted molar refractivity (Wildman–Crippen MR) is 291 cm³/mol. The van der Waals surface area contributed by atoms with Crippen molar-refractivity contribution in [2.24, 2.45) is 23.7 Å². The van der Waals surface area contributed by atoms with Crippen molar-refractivity contribution in [1.82, 2.24) is 0 Å². The van der Waals surface area contributed by atoms with Gasteiger partial charge in [-0.3, -0.25) is 9.59 Å². The maximum absolute atomic E-state index is 13.4. The molecule has 484 valence electrons. The third kappa shape index (κ3) is 11.7. The van der Waals surface area contributed by atoms with Gasteiger partial charge in [-0.05, 0) is 95.8 Å². The fraction of sp³-hybridized carbons (Fsp3) is 0.552. The first-order valence-corrected chi connectivity index (χ1v) is 29.9. The molecule has 0 radical (unpaired) electrons. The number of phosphoric acid groups is 1. The summed E-state index contributed by atoms with van der Waals surface area (Å²) in [4.78, 5) is 48.3. The number of aliphatic hydroxyl groups is 4. The van der Waals surface area contributed by atoms with E-state index in [1.54, 1.807) is 62.4 Å². The van der Waals surface area contributed by atoms with Crippen LogP contribution in [0.25, 0.3) is 0 Å². The summed E-state index contributed by atoms with van der Waals surface area (Å²) in [6, 6.07) is 13.9. The Labute approximate surface area is 506 Å². The van der Waals surface area contributed by atoms with Crippen molar-refractivity contribution < 1.29 is 145 Å². The molecule has 6 fully saturated rings. The van der Waals surface area contributed by atoms with Crippen LogP contribution < -0.4 is 37.9 Å². The van der Waals surface area contributed by atoms with E-state index in [1.165, 1.54) is 28.4 Å². The molecular weight excluding hydrogens is 1210 g/mol. The zero-order valence-electron chi connectivity index (χ0n) is 48.5. The van der Waals surface area contributed by atoms with Gasteiger partial charge in [-0.1, -0.05) is 0 Å². The number of aromatic hydroxyl groups is 2. The maximum atomic E-state index is 13.4. The molecule has 14 rings (SSSR count). The van der Waals surface area contributed by atoms with Gasteiger partial charge in [0.05, 0.1) is 78.9 Å². The Hall–Kier alpha value is -6.55. The molecule has 10 aliphatic rings. The minimum atomic E-state index is -4.64. The van der Waals surface area contributed by atoms with Crippen LogP contribution in [0.1, 0.15) is 71.3 Å². The van der Waals surface area contributed by atoms with Crippen LogP contribution in [-0.2, 0) is 61.5 Å². The highest BCUT2D eigenvalue weighted by atomic mass is 31.2. The molecule has 0 unspecified atom stereocenters. The molecule has 6 saturated heterocycles. The lowest BCUT2D eigenvalue weighted by Crippen LogP contribution is -2.63. The summed E-state index contributed by atoms with van der Waals surface area (Å²) in [5, 5.41) is 65.0. The second-order valence-corrected chi connectivity index (χ2v) is 23.5. The maximum Gasteiger partial charge on any atom is 0.466 e. The average molecular weight is 1280 g/mol. The summed E-state index contributed by atoms with van der Waals surface area (Å²) in [6.07, 6.45) is -13.6. The van der Waals surface area contributed by atoms with E-state index in [0.29, 0.717) is 56.4 Å². The third-order valence-electron chi connectivity index (χ3n) is 17.5. The molecule has 8 heterocycles. The van der Waals surface area contributed by atoms with E-state index in [4.69, 9.17) is 105 Å². The van der Waals surface area contributed by atoms with Gasteiger partial charge in [0.25, 0.3) is 0 Å². The van der Waals surface area contributed by atoms with Gasteiger partial charge >= 0.3 is 19.8 Å². The first-order valence-electron chi connectivity index (χ1n) is 28.3. The Morgan fingerprint density at radius 1 is 0.461 bits per heavy atom. The third-order valence-corrected chi connectivity index (χ3v) is 17.5. The number of phenols is 2. The fourth-order valence-electron chi connectivity index (χ4n) is 13.5. The number of phenolic OH excluding ortho intramolecular Hbond substituents is 2. The first-order chi connectivity index (χ1) is 42.6. The van der Waals surface area contributed by atoms with Crippen LogP contribution in [0.5, 0.6) is 57.5 Å². The molecule has 31 heteroatoms. The molecule has 30 nitrogen and oxygen atoms in total. The number of carbonyl (C=O) groups is 2. The standard InChI is InChI=1S/2C29H32O13.H3O4P/c2*1-11-36-9-20-27(40-11)24(31)25(32)29(41-20)42-26-14-7-17-16(38-10-39-17)6-13(14)21(22-15(26)8-37-28(22)33)12-4-18(34-2)23(30)19(5-12)35-3;1-5(2,3)4/h2*4-7,11,15,20-22,24-27,29-32H,8-10H2,1-3H3;(H3,1,2,3,4)/t2*11-,15+,20-,21-,22+,24-,25-,26-,27-,29+;/m11./s1. The number of rotatable bonds is 10. The van der Waals surface area contributed by atoms with Gasteiger partial charge in [-0.15, -0.1) is 0 Å². The van der Waals surface area contributed by atoms with E-state index in [-0.39, 0.29) is 74.5 Å². The van der Waals surface area contributed by atoms with Gasteiger partial charge in [0, 0.05) is 23.7 Å². The molecule has 8 aliphatic heterocycles. The minimum Gasteiger partial charge on any atom is -0.502 e. The lowest BCUT2D eigenvalue weighted by atomic mass is 9.66. The van der Waals surface area contributed by atoms with Gasteiger partial charge in [0.15, 0.2) is 71.2 Å². The number of hydrogen-bond acceptors (Lipinski definition) is 27. The minimum absolute atomic E-state index is 0.0301. The summed E-state index contributed by atoms with van der Waals surface area (Å²) in [5.74, 6) is -2.05. The Kier molecular flexibility index (Phi) is 17.5. The lowest BCUT2D eigenvalue weighted by Gasteiger charge is -2.47. The average Bonchev–Trinajstić information content (AvgIpc) is 1.88. The van der Waals surface area contributed by atoms with Crippen LogP contribution in [0.2, 0.25) is 0 Å². The van der Waals surface area contributed by atoms with E-state index in [9.17, 15) is 40.2 Å². The van der Waals surface area contributed by atoms with Crippen molar-refractivity contribution >= 4 is 19.8 Å². The van der Waals surface area contributed by atoms with Gasteiger partial charge in [-0.25, -0.2) is 4.57 Å². The highest BCUT2D eigenvalue weighted by molar-refractivity contribution is 7.45. The SMILES string of the molecule is COc1cc([C@@H]2c3cc4c(cc3[C@@H](O[C@@H]3O[C@@H]5CO[C@@H](C)O[C@H]5[C@H](O)[C@H]3O)[C@H]3COC(=O)[C@H]23)OCO4)cc(OC)c1O.COc1cc([C@@H]2c3cc4c(cc3[C@@H](O[C@@H]3O[C@@H]5CO[C@@H](C)O[C@H]5[C@H](O)[C@H]3O)[C@H]3COC(=O)[C@H]23)OCO4)cc(OC)c1O.O=P(O)(O)O. The summed E-state index contributed by atoms with van der Waals surface area (Å²) in [7, 11) is 1.08. The van der Waals surface area contributed by atoms with Crippen molar-refractivity contribution in [1.29, 1.82) is 0 Å². The number of carbonyl (C=O) groups excluding carboxylic acids is 2. The number of cyclic esters (lactones) is 2. The van der Waals surface area contributed by atoms with E-state index in [0.717, 1.165) is 0 Å². The van der Waals surface area contributed by atoms with Crippen LogP contribution >= 0.6 is 7.82 Å². The second kappa shape index (κ2) is 24.9. The molecule has 0 spiro atoms. The van der Waals surface area contributed by atoms with E-state index >= 15 is 0 Å². The van der Waals surface area contributed by atoms with Crippen molar-refractivity contribution in [3.8, 4) is 57.5 Å². The van der Waals surface area contributed by atoms with Crippen molar-refractivity contribution in [2.45, 2.75) is 112 Å². The molecule has 20 atom stereocenters. The molecule has 0 saturated carbocycles. The lowest BCUT2D eigenvalue weighted by molar-refractivity contribution is -0.364. The Balaban J connectivity index is 0.000000161. The summed E-state index contributed by atoms with van der Waals surface area (Å²) in [5.41, 5.74) is 4.03. The van der Waals surface area contributed by atoms with E-state index in [2.05, 4.69) is 0 Å². The second-order valence-electron chi connectivity index (χ2n) is 22.5. The predicted octanol–water partition coefficient (Wildman–Crippen LogP) is 1.75. The Morgan fingerprint density at radius 2 is 0.787 bits per heavy atom. The number of benzene rings is 4. The molecule has 0 aromatic heterocycles.